The topological polar surface area (TPSA) is 73.8 Å². The summed E-state index contributed by atoms with van der Waals surface area (Å²) in [7, 11) is 0.505. The van der Waals surface area contributed by atoms with Crippen LogP contribution < -0.4 is 4.90 Å². The van der Waals surface area contributed by atoms with Gasteiger partial charge in [-0.15, -0.1) is 12.4 Å². The third-order valence-corrected chi connectivity index (χ3v) is 8.52. The van der Waals surface area contributed by atoms with E-state index in [1.54, 1.807) is 17.0 Å². The highest BCUT2D eigenvalue weighted by Crippen LogP contribution is 2.30. The lowest BCUT2D eigenvalue weighted by Gasteiger charge is -2.21. The quantitative estimate of drug-likeness (QED) is 0.458. The first-order valence-electron chi connectivity index (χ1n) is 10.8. The minimum absolute atomic E-state index is 0. The molecule has 0 spiro atoms. The van der Waals surface area contributed by atoms with Crippen LogP contribution in [0.4, 0.5) is 5.13 Å². The van der Waals surface area contributed by atoms with Gasteiger partial charge in [-0.3, -0.25) is 9.69 Å². The molecule has 1 saturated heterocycles. The zero-order valence-electron chi connectivity index (χ0n) is 18.8. The van der Waals surface area contributed by atoms with E-state index in [1.807, 2.05) is 38.4 Å². The van der Waals surface area contributed by atoms with Crippen molar-refractivity contribution in [1.29, 1.82) is 0 Å². The average Bonchev–Trinajstić information content (AvgIpc) is 3.46. The second-order valence-electron chi connectivity index (χ2n) is 8.21. The second kappa shape index (κ2) is 10.9. The van der Waals surface area contributed by atoms with Crippen LogP contribution in [0.25, 0.3) is 10.2 Å². The molecule has 2 heterocycles. The Kier molecular flexibility index (Phi) is 8.47. The van der Waals surface area contributed by atoms with Crippen LogP contribution >= 0.6 is 23.7 Å². The molecule has 2 aromatic carbocycles. The summed E-state index contributed by atoms with van der Waals surface area (Å²) in [6, 6.07) is 14.1. The molecule has 0 radical (unpaired) electrons. The lowest BCUT2D eigenvalue weighted by molar-refractivity contribution is 0.0986. The van der Waals surface area contributed by atoms with Crippen LogP contribution in [0.15, 0.2) is 53.4 Å². The Morgan fingerprint density at radius 3 is 2.33 bits per heavy atom. The summed E-state index contributed by atoms with van der Waals surface area (Å²) in [5, 5.41) is 0.656. The van der Waals surface area contributed by atoms with Crippen LogP contribution in [-0.4, -0.2) is 68.8 Å². The largest absolute Gasteiger partial charge is 0.309 e. The van der Waals surface area contributed by atoms with Gasteiger partial charge in [-0.2, -0.15) is 4.31 Å². The number of carbonyl (C=O) groups excluding carboxylic acids is 1. The molecule has 1 amide bonds. The monoisotopic (exact) mass is 508 g/mol. The van der Waals surface area contributed by atoms with Gasteiger partial charge in [0, 0.05) is 25.2 Å². The van der Waals surface area contributed by atoms with Crippen molar-refractivity contribution in [3.8, 4) is 0 Å². The fraction of sp³-hybridized carbons (Fsp3) is 0.391. The maximum Gasteiger partial charge on any atom is 0.260 e. The molecule has 0 unspecified atom stereocenters. The SMILES string of the molecule is CN(C)CCCN(C(=O)c1ccc(S(=O)(=O)N2CCCC2)cc1)c1nc2ccccc2s1.Cl. The van der Waals surface area contributed by atoms with Crippen LogP contribution in [-0.2, 0) is 10.0 Å². The number of para-hydroxylation sites is 1. The van der Waals surface area contributed by atoms with Crippen molar-refractivity contribution in [1.82, 2.24) is 14.2 Å². The predicted octanol–water partition coefficient (Wildman–Crippen LogP) is 4.10. The third kappa shape index (κ3) is 5.73. The molecule has 178 valence electrons. The molecular formula is C23H29ClN4O3S2. The highest BCUT2D eigenvalue weighted by Gasteiger charge is 2.28. The van der Waals surface area contributed by atoms with Crippen molar-refractivity contribution in [3.05, 3.63) is 54.1 Å². The highest BCUT2D eigenvalue weighted by atomic mass is 35.5. The van der Waals surface area contributed by atoms with Crippen LogP contribution in [0.1, 0.15) is 29.6 Å². The number of hydrogen-bond donors (Lipinski definition) is 0. The molecule has 0 saturated carbocycles. The number of benzene rings is 2. The van der Waals surface area contributed by atoms with E-state index in [4.69, 9.17) is 0 Å². The number of thiazole rings is 1. The van der Waals surface area contributed by atoms with Gasteiger partial charge in [0.25, 0.3) is 5.91 Å². The maximum atomic E-state index is 13.4. The first kappa shape index (κ1) is 25.6. The number of sulfonamides is 1. The summed E-state index contributed by atoms with van der Waals surface area (Å²) < 4.78 is 28.1. The number of anilines is 1. The Labute approximate surface area is 205 Å². The number of nitrogens with zero attached hydrogens (tertiary/aromatic N) is 4. The number of halogens is 1. The standard InChI is InChI=1S/C23H28N4O3S2.ClH/c1-25(2)14-7-17-27(23-24-20-8-3-4-9-21(20)31-23)22(28)18-10-12-19(13-11-18)32(29,30)26-15-5-6-16-26;/h3-4,8-13H,5-7,14-17H2,1-2H3;1H. The molecule has 4 rings (SSSR count). The van der Waals surface area contributed by atoms with Crippen LogP contribution in [0.2, 0.25) is 0 Å². The molecule has 1 aromatic heterocycles. The summed E-state index contributed by atoms with van der Waals surface area (Å²) in [4.78, 5) is 22.1. The Balaban J connectivity index is 0.00000306. The summed E-state index contributed by atoms with van der Waals surface area (Å²) >= 11 is 1.49. The second-order valence-corrected chi connectivity index (χ2v) is 11.2. The van der Waals surface area contributed by atoms with Gasteiger partial charge in [-0.25, -0.2) is 13.4 Å². The molecule has 0 aliphatic carbocycles. The smallest absolute Gasteiger partial charge is 0.260 e. The molecule has 1 aliphatic rings. The number of rotatable bonds is 8. The molecule has 0 atom stereocenters. The number of aromatic nitrogens is 1. The van der Waals surface area contributed by atoms with E-state index in [2.05, 4.69) is 9.88 Å². The van der Waals surface area contributed by atoms with E-state index in [0.29, 0.717) is 30.3 Å². The maximum absolute atomic E-state index is 13.4. The van der Waals surface area contributed by atoms with E-state index < -0.39 is 10.0 Å². The van der Waals surface area contributed by atoms with Crippen molar-refractivity contribution in [2.45, 2.75) is 24.2 Å². The minimum atomic E-state index is -3.50. The Bertz CT molecular complexity index is 1160. The number of amides is 1. The van der Waals surface area contributed by atoms with E-state index in [0.717, 1.165) is 36.0 Å². The number of hydrogen-bond acceptors (Lipinski definition) is 6. The molecule has 0 N–H and O–H groups in total. The fourth-order valence-electron chi connectivity index (χ4n) is 3.81. The lowest BCUT2D eigenvalue weighted by atomic mass is 10.2. The van der Waals surface area contributed by atoms with Crippen molar-refractivity contribution >= 4 is 55.0 Å². The van der Waals surface area contributed by atoms with E-state index in [9.17, 15) is 13.2 Å². The van der Waals surface area contributed by atoms with Gasteiger partial charge in [0.05, 0.1) is 15.1 Å². The van der Waals surface area contributed by atoms with E-state index in [1.165, 1.54) is 27.8 Å². The normalized spacial score (nSPS) is 14.5. The third-order valence-electron chi connectivity index (χ3n) is 5.55. The summed E-state index contributed by atoms with van der Waals surface area (Å²) in [6.07, 6.45) is 2.58. The molecule has 7 nitrogen and oxygen atoms in total. The first-order valence-corrected chi connectivity index (χ1v) is 13.0. The van der Waals surface area contributed by atoms with Crippen molar-refractivity contribution < 1.29 is 13.2 Å². The molecular weight excluding hydrogens is 480 g/mol. The number of fused-ring (bicyclic) bond motifs is 1. The van der Waals surface area contributed by atoms with E-state index >= 15 is 0 Å². The minimum Gasteiger partial charge on any atom is -0.309 e. The highest BCUT2D eigenvalue weighted by molar-refractivity contribution is 7.89. The van der Waals surface area contributed by atoms with E-state index in [-0.39, 0.29) is 23.2 Å². The van der Waals surface area contributed by atoms with Gasteiger partial charge in [0.15, 0.2) is 5.13 Å². The van der Waals surface area contributed by atoms with Crippen LogP contribution in [0.5, 0.6) is 0 Å². The summed E-state index contributed by atoms with van der Waals surface area (Å²) in [6.45, 7) is 2.49. The lowest BCUT2D eigenvalue weighted by Crippen LogP contribution is -2.33. The summed E-state index contributed by atoms with van der Waals surface area (Å²) in [5.74, 6) is -0.173. The van der Waals surface area contributed by atoms with Gasteiger partial charge >= 0.3 is 0 Å². The van der Waals surface area contributed by atoms with Gasteiger partial charge in [0.2, 0.25) is 10.0 Å². The fourth-order valence-corrected chi connectivity index (χ4v) is 6.31. The molecule has 0 bridgehead atoms. The number of carbonyl (C=O) groups is 1. The van der Waals surface area contributed by atoms with Crippen LogP contribution in [0.3, 0.4) is 0 Å². The van der Waals surface area contributed by atoms with Gasteiger partial charge in [0.1, 0.15) is 0 Å². The van der Waals surface area contributed by atoms with Crippen molar-refractivity contribution in [2.24, 2.45) is 0 Å². The van der Waals surface area contributed by atoms with Gasteiger partial charge < -0.3 is 4.90 Å². The average molecular weight is 509 g/mol. The Morgan fingerprint density at radius 1 is 1.03 bits per heavy atom. The molecule has 10 heteroatoms. The summed E-state index contributed by atoms with van der Waals surface area (Å²) in [5.41, 5.74) is 1.32. The van der Waals surface area contributed by atoms with Gasteiger partial charge in [-0.1, -0.05) is 23.5 Å². The predicted molar refractivity (Wildman–Crippen MR) is 136 cm³/mol. The van der Waals surface area contributed by atoms with Gasteiger partial charge in [-0.05, 0) is 76.3 Å². The first-order chi connectivity index (χ1) is 15.4. The Morgan fingerprint density at radius 2 is 1.70 bits per heavy atom. The zero-order valence-corrected chi connectivity index (χ0v) is 21.3. The molecule has 1 fully saturated rings. The molecule has 33 heavy (non-hydrogen) atoms. The molecule has 3 aromatic rings. The molecule has 1 aliphatic heterocycles. The van der Waals surface area contributed by atoms with Crippen LogP contribution in [0, 0.1) is 0 Å². The zero-order chi connectivity index (χ0) is 22.7. The van der Waals surface area contributed by atoms with Crippen molar-refractivity contribution in [3.63, 3.8) is 0 Å². The Hall–Kier alpha value is -2.04. The van der Waals surface area contributed by atoms with Crippen molar-refractivity contribution in [2.75, 3.05) is 45.2 Å².